The highest BCUT2D eigenvalue weighted by molar-refractivity contribution is 7.25. The summed E-state index contributed by atoms with van der Waals surface area (Å²) in [6.45, 7) is 0. The summed E-state index contributed by atoms with van der Waals surface area (Å²) in [5.41, 5.74) is 13.6. The summed E-state index contributed by atoms with van der Waals surface area (Å²) in [5, 5.41) is 9.05. The first-order valence-electron chi connectivity index (χ1n) is 23.4. The van der Waals surface area contributed by atoms with Gasteiger partial charge in [-0.1, -0.05) is 164 Å². The monoisotopic (exact) mass is 912 g/mol. The summed E-state index contributed by atoms with van der Waals surface area (Å²) >= 11 is 1.84. The first-order chi connectivity index (χ1) is 34.7. The number of thiophene rings is 1. The van der Waals surface area contributed by atoms with Crippen molar-refractivity contribution >= 4 is 97.2 Å². The summed E-state index contributed by atoms with van der Waals surface area (Å²) in [4.78, 5) is 16.0. The Hall–Kier alpha value is -9.17. The molecule has 0 saturated carbocycles. The molecule has 0 aliphatic heterocycles. The molecule has 0 fully saturated rings. The molecular weight excluding hydrogens is 877 g/mol. The summed E-state index contributed by atoms with van der Waals surface area (Å²) in [6.07, 6.45) is 0. The number of nitrogens with zero attached hydrogens (tertiary/aromatic N) is 4. The van der Waals surface area contributed by atoms with E-state index in [2.05, 4.69) is 168 Å². The SMILES string of the molecule is c1ccc(-c2nc(-c3ccc4c(c3)oc3ccccc34)nc(-n3c4ccc(-c5cccc6c5oc5ccccc56)cc4c4cccc(-c5cccc(-c6ccc7c(c6)sc6ccccc67)c5)c43)n2)cc1. The predicted octanol–water partition coefficient (Wildman–Crippen LogP) is 17.5. The number of hydrogen-bond donors (Lipinski definition) is 0. The van der Waals surface area contributed by atoms with Crippen molar-refractivity contribution in [1.29, 1.82) is 0 Å². The Morgan fingerprint density at radius 2 is 0.914 bits per heavy atom. The fourth-order valence-corrected chi connectivity index (χ4v) is 11.7. The van der Waals surface area contributed by atoms with Gasteiger partial charge in [0.1, 0.15) is 22.3 Å². The standard InChI is InChI=1S/C63H36N4O2S/c1-2-13-37(14-3-1)61-64-62(42-28-30-47-45-17-4-7-24-54(45)68-56(47)35-42)66-63(65-61)67-53-32-29-41(44-21-12-23-51-46-18-5-8-25-55(46)69-60(44)51)34-52(53)50-22-11-20-43(59(50)67)40-16-10-15-38(33-40)39-27-31-49-48-19-6-9-26-57(48)70-58(49)36-39/h1-36H. The van der Waals surface area contributed by atoms with E-state index in [1.807, 2.05) is 65.9 Å². The van der Waals surface area contributed by atoms with Gasteiger partial charge in [0.15, 0.2) is 11.6 Å². The Kier molecular flexibility index (Phi) is 8.43. The minimum Gasteiger partial charge on any atom is -0.456 e. The summed E-state index contributed by atoms with van der Waals surface area (Å²) in [5.74, 6) is 1.63. The van der Waals surface area contributed by atoms with Crippen molar-refractivity contribution in [2.24, 2.45) is 0 Å². The van der Waals surface area contributed by atoms with Gasteiger partial charge in [0.05, 0.1) is 11.0 Å². The summed E-state index contributed by atoms with van der Waals surface area (Å²) in [6, 6.07) is 76.9. The summed E-state index contributed by atoms with van der Waals surface area (Å²) in [7, 11) is 0. The van der Waals surface area contributed by atoms with Gasteiger partial charge in [0, 0.05) is 74.7 Å². The average Bonchev–Trinajstić information content (AvgIpc) is 4.19. The molecule has 0 radical (unpaired) electrons. The molecule has 7 heteroatoms. The molecule has 0 amide bonds. The number of furan rings is 2. The number of fused-ring (bicyclic) bond motifs is 12. The minimum atomic E-state index is 0.513. The largest absolute Gasteiger partial charge is 0.456 e. The van der Waals surface area contributed by atoms with Crippen LogP contribution in [0.4, 0.5) is 0 Å². The molecule has 326 valence electrons. The Labute approximate surface area is 404 Å². The Morgan fingerprint density at radius 3 is 1.79 bits per heavy atom. The molecule has 0 spiro atoms. The third-order valence-electron chi connectivity index (χ3n) is 13.9. The van der Waals surface area contributed by atoms with Crippen molar-refractivity contribution in [1.82, 2.24) is 19.5 Å². The zero-order valence-electron chi connectivity index (χ0n) is 37.3. The maximum atomic E-state index is 6.59. The lowest BCUT2D eigenvalue weighted by molar-refractivity contribution is 0.669. The van der Waals surface area contributed by atoms with Crippen LogP contribution in [0.3, 0.4) is 0 Å². The van der Waals surface area contributed by atoms with Gasteiger partial charge in [-0.15, -0.1) is 11.3 Å². The molecule has 10 aromatic carbocycles. The molecule has 0 atom stereocenters. The second-order valence-electron chi connectivity index (χ2n) is 17.9. The topological polar surface area (TPSA) is 69.9 Å². The van der Waals surface area contributed by atoms with Crippen LogP contribution in [0.2, 0.25) is 0 Å². The molecule has 0 bridgehead atoms. The molecule has 0 saturated heterocycles. The van der Waals surface area contributed by atoms with Gasteiger partial charge in [-0.2, -0.15) is 9.97 Å². The van der Waals surface area contributed by atoms with Gasteiger partial charge in [0.2, 0.25) is 5.95 Å². The van der Waals surface area contributed by atoms with Gasteiger partial charge < -0.3 is 8.83 Å². The van der Waals surface area contributed by atoms with Crippen LogP contribution in [-0.2, 0) is 0 Å². The molecule has 5 heterocycles. The van der Waals surface area contributed by atoms with Gasteiger partial charge in [0.25, 0.3) is 0 Å². The second kappa shape index (κ2) is 15.2. The van der Waals surface area contributed by atoms with Gasteiger partial charge in [-0.05, 0) is 76.9 Å². The van der Waals surface area contributed by atoms with Gasteiger partial charge >= 0.3 is 0 Å². The van der Waals surface area contributed by atoms with E-state index in [9.17, 15) is 0 Å². The van der Waals surface area contributed by atoms with Crippen LogP contribution in [0, 0.1) is 0 Å². The fourth-order valence-electron chi connectivity index (χ4n) is 10.6. The van der Waals surface area contributed by atoms with E-state index in [4.69, 9.17) is 23.8 Å². The smallest absolute Gasteiger partial charge is 0.238 e. The number of para-hydroxylation sites is 4. The third kappa shape index (κ3) is 6.02. The van der Waals surface area contributed by atoms with E-state index in [1.54, 1.807) is 0 Å². The lowest BCUT2D eigenvalue weighted by atomic mass is 9.96. The second-order valence-corrected chi connectivity index (χ2v) is 19.0. The van der Waals surface area contributed by atoms with E-state index < -0.39 is 0 Å². The van der Waals surface area contributed by atoms with Crippen molar-refractivity contribution in [3.8, 4) is 62.1 Å². The van der Waals surface area contributed by atoms with Crippen LogP contribution in [0.5, 0.6) is 0 Å². The molecule has 0 unspecified atom stereocenters. The first kappa shape index (κ1) is 38.9. The van der Waals surface area contributed by atoms with Crippen LogP contribution < -0.4 is 0 Å². The molecule has 6 nitrogen and oxygen atoms in total. The van der Waals surface area contributed by atoms with Crippen LogP contribution in [-0.4, -0.2) is 19.5 Å². The van der Waals surface area contributed by atoms with Gasteiger partial charge in [-0.3, -0.25) is 4.57 Å². The van der Waals surface area contributed by atoms with E-state index in [1.165, 1.54) is 25.7 Å². The Balaban J connectivity index is 0.978. The zero-order chi connectivity index (χ0) is 45.9. The lowest BCUT2D eigenvalue weighted by Gasteiger charge is -2.13. The van der Waals surface area contributed by atoms with Crippen molar-refractivity contribution in [3.05, 3.63) is 218 Å². The quantitative estimate of drug-likeness (QED) is 0.166. The van der Waals surface area contributed by atoms with Gasteiger partial charge in [-0.25, -0.2) is 4.98 Å². The van der Waals surface area contributed by atoms with E-state index in [0.717, 1.165) is 105 Å². The molecule has 0 aliphatic carbocycles. The van der Waals surface area contributed by atoms with Crippen LogP contribution in [0.1, 0.15) is 0 Å². The number of aromatic nitrogens is 4. The molecule has 0 N–H and O–H groups in total. The molecular formula is C63H36N4O2S. The van der Waals surface area contributed by atoms with E-state index in [-0.39, 0.29) is 0 Å². The number of benzene rings is 10. The minimum absolute atomic E-state index is 0.513. The highest BCUT2D eigenvalue weighted by Crippen LogP contribution is 2.43. The van der Waals surface area contributed by atoms with E-state index >= 15 is 0 Å². The highest BCUT2D eigenvalue weighted by Gasteiger charge is 2.23. The van der Waals surface area contributed by atoms with Crippen LogP contribution in [0.15, 0.2) is 227 Å². The molecule has 0 aliphatic rings. The number of hydrogen-bond acceptors (Lipinski definition) is 6. The molecule has 15 aromatic rings. The lowest BCUT2D eigenvalue weighted by Crippen LogP contribution is -2.07. The van der Waals surface area contributed by atoms with E-state index in [0.29, 0.717) is 17.6 Å². The fraction of sp³-hybridized carbons (Fsp3) is 0. The number of rotatable bonds is 6. The highest BCUT2D eigenvalue weighted by atomic mass is 32.1. The summed E-state index contributed by atoms with van der Waals surface area (Å²) < 4.78 is 17.8. The maximum absolute atomic E-state index is 6.59. The predicted molar refractivity (Wildman–Crippen MR) is 289 cm³/mol. The van der Waals surface area contributed by atoms with Crippen LogP contribution >= 0.6 is 11.3 Å². The van der Waals surface area contributed by atoms with Crippen molar-refractivity contribution in [3.63, 3.8) is 0 Å². The Morgan fingerprint density at radius 1 is 0.329 bits per heavy atom. The maximum Gasteiger partial charge on any atom is 0.238 e. The normalized spacial score (nSPS) is 12.0. The average molecular weight is 913 g/mol. The van der Waals surface area contributed by atoms with Crippen molar-refractivity contribution in [2.45, 2.75) is 0 Å². The van der Waals surface area contributed by atoms with Crippen molar-refractivity contribution in [2.75, 3.05) is 0 Å². The van der Waals surface area contributed by atoms with Crippen LogP contribution in [0.25, 0.3) is 148 Å². The zero-order valence-corrected chi connectivity index (χ0v) is 38.1. The third-order valence-corrected chi connectivity index (χ3v) is 15.0. The first-order valence-corrected chi connectivity index (χ1v) is 24.2. The van der Waals surface area contributed by atoms with Crippen molar-refractivity contribution < 1.29 is 8.83 Å². The molecule has 70 heavy (non-hydrogen) atoms. The molecule has 15 rings (SSSR count). The Bertz CT molecular complexity index is 4620. The molecule has 5 aromatic heterocycles.